The number of nitrogens with zero attached hydrogens (tertiary/aromatic N) is 1. The van der Waals surface area contributed by atoms with Crippen molar-refractivity contribution in [3.8, 4) is 0 Å². The number of amides is 1. The van der Waals surface area contributed by atoms with Crippen molar-refractivity contribution < 1.29 is 4.79 Å². The summed E-state index contributed by atoms with van der Waals surface area (Å²) in [6.07, 6.45) is 1.90. The summed E-state index contributed by atoms with van der Waals surface area (Å²) in [4.78, 5) is 14.0. The first-order valence-electron chi connectivity index (χ1n) is 5.89. The van der Waals surface area contributed by atoms with Crippen LogP contribution in [0, 0.1) is 6.92 Å². The number of carbonyl (C=O) groups excluding carboxylic acids is 1. The molecule has 0 aliphatic carbocycles. The Morgan fingerprint density at radius 1 is 1.47 bits per heavy atom. The second-order valence-corrected chi connectivity index (χ2v) is 4.76. The third-order valence-electron chi connectivity index (χ3n) is 3.25. The van der Waals surface area contributed by atoms with Crippen molar-refractivity contribution in [3.63, 3.8) is 0 Å². The SMILES string of the molecule is CNC1CCCN(c2cccc(C)c2Cl)C1=O. The van der Waals surface area contributed by atoms with Gasteiger partial charge < -0.3 is 10.2 Å². The minimum Gasteiger partial charge on any atom is -0.310 e. The number of halogens is 1. The fourth-order valence-corrected chi connectivity index (χ4v) is 2.45. The first kappa shape index (κ1) is 12.4. The van der Waals surface area contributed by atoms with Gasteiger partial charge in [0.25, 0.3) is 0 Å². The normalized spacial score (nSPS) is 20.8. The average molecular weight is 253 g/mol. The molecule has 2 rings (SSSR count). The van der Waals surface area contributed by atoms with Crippen molar-refractivity contribution in [2.24, 2.45) is 0 Å². The van der Waals surface area contributed by atoms with E-state index in [1.54, 1.807) is 4.90 Å². The number of likely N-dealkylation sites (N-methyl/N-ethyl adjacent to an activating group) is 1. The lowest BCUT2D eigenvalue weighted by molar-refractivity contribution is -0.121. The molecule has 0 spiro atoms. The first-order chi connectivity index (χ1) is 8.15. The fourth-order valence-electron chi connectivity index (χ4n) is 2.22. The molecule has 1 amide bonds. The summed E-state index contributed by atoms with van der Waals surface area (Å²) in [5.41, 5.74) is 1.83. The smallest absolute Gasteiger partial charge is 0.244 e. The number of piperidine rings is 1. The highest BCUT2D eigenvalue weighted by atomic mass is 35.5. The summed E-state index contributed by atoms with van der Waals surface area (Å²) < 4.78 is 0. The van der Waals surface area contributed by atoms with E-state index in [-0.39, 0.29) is 11.9 Å². The Bertz CT molecular complexity index is 433. The van der Waals surface area contributed by atoms with E-state index in [1.807, 2.05) is 32.2 Å². The van der Waals surface area contributed by atoms with Gasteiger partial charge in [0.1, 0.15) is 0 Å². The van der Waals surface area contributed by atoms with Crippen LogP contribution in [0.4, 0.5) is 5.69 Å². The molecule has 1 saturated heterocycles. The van der Waals surface area contributed by atoms with Crippen LogP contribution in [0.25, 0.3) is 0 Å². The van der Waals surface area contributed by atoms with Crippen molar-refractivity contribution in [3.05, 3.63) is 28.8 Å². The summed E-state index contributed by atoms with van der Waals surface area (Å²) >= 11 is 6.27. The van der Waals surface area contributed by atoms with E-state index in [4.69, 9.17) is 11.6 Å². The summed E-state index contributed by atoms with van der Waals surface area (Å²) in [6, 6.07) is 5.72. The molecule has 0 saturated carbocycles. The van der Waals surface area contributed by atoms with Gasteiger partial charge in [0.2, 0.25) is 5.91 Å². The Hall–Kier alpha value is -1.06. The van der Waals surface area contributed by atoms with Gasteiger partial charge in [0.05, 0.1) is 16.8 Å². The minimum absolute atomic E-state index is 0.0830. The molecule has 1 aromatic rings. The van der Waals surface area contributed by atoms with Gasteiger partial charge in [0.15, 0.2) is 0 Å². The number of nitrogens with one attached hydrogen (secondary N) is 1. The highest BCUT2D eigenvalue weighted by Gasteiger charge is 2.29. The molecule has 3 nitrogen and oxygen atoms in total. The average Bonchev–Trinajstić information content (AvgIpc) is 2.33. The predicted octanol–water partition coefficient (Wildman–Crippen LogP) is 2.36. The van der Waals surface area contributed by atoms with E-state index >= 15 is 0 Å². The maximum atomic E-state index is 12.2. The number of hydrogen-bond acceptors (Lipinski definition) is 2. The highest BCUT2D eigenvalue weighted by molar-refractivity contribution is 6.34. The predicted molar refractivity (Wildman–Crippen MR) is 70.6 cm³/mol. The largest absolute Gasteiger partial charge is 0.310 e. The van der Waals surface area contributed by atoms with E-state index in [2.05, 4.69) is 5.32 Å². The Balaban J connectivity index is 2.33. The summed E-state index contributed by atoms with van der Waals surface area (Å²) in [5, 5.41) is 3.73. The fraction of sp³-hybridized carbons (Fsp3) is 0.462. The maximum absolute atomic E-state index is 12.2. The van der Waals surface area contributed by atoms with Crippen LogP contribution >= 0.6 is 11.6 Å². The monoisotopic (exact) mass is 252 g/mol. The van der Waals surface area contributed by atoms with Gasteiger partial charge in [-0.3, -0.25) is 4.79 Å². The number of benzene rings is 1. The molecule has 92 valence electrons. The molecule has 1 unspecified atom stereocenters. The van der Waals surface area contributed by atoms with Crippen LogP contribution in [-0.4, -0.2) is 25.5 Å². The Morgan fingerprint density at radius 2 is 2.24 bits per heavy atom. The quantitative estimate of drug-likeness (QED) is 0.877. The molecule has 17 heavy (non-hydrogen) atoms. The molecule has 1 heterocycles. The van der Waals surface area contributed by atoms with E-state index in [1.165, 1.54) is 0 Å². The van der Waals surface area contributed by atoms with Crippen LogP contribution in [0.15, 0.2) is 18.2 Å². The van der Waals surface area contributed by atoms with Gasteiger partial charge >= 0.3 is 0 Å². The molecule has 1 N–H and O–H groups in total. The van der Waals surface area contributed by atoms with Crippen molar-refractivity contribution in [1.82, 2.24) is 5.32 Å². The first-order valence-corrected chi connectivity index (χ1v) is 6.26. The summed E-state index contributed by atoms with van der Waals surface area (Å²) in [6.45, 7) is 2.70. The molecule has 4 heteroatoms. The molecule has 0 radical (unpaired) electrons. The molecular weight excluding hydrogens is 236 g/mol. The third-order valence-corrected chi connectivity index (χ3v) is 3.74. The molecule has 1 aromatic carbocycles. The minimum atomic E-state index is -0.0830. The van der Waals surface area contributed by atoms with Crippen LogP contribution in [0.1, 0.15) is 18.4 Å². The van der Waals surface area contributed by atoms with Gasteiger partial charge in [0, 0.05) is 6.54 Å². The van der Waals surface area contributed by atoms with E-state index in [0.29, 0.717) is 5.02 Å². The summed E-state index contributed by atoms with van der Waals surface area (Å²) in [7, 11) is 1.82. The molecule has 1 aliphatic heterocycles. The van der Waals surface area contributed by atoms with Crippen LogP contribution in [0.3, 0.4) is 0 Å². The molecule has 1 aliphatic rings. The molecular formula is C13H17ClN2O. The number of hydrogen-bond donors (Lipinski definition) is 1. The van der Waals surface area contributed by atoms with Crippen LogP contribution < -0.4 is 10.2 Å². The van der Waals surface area contributed by atoms with Crippen molar-refractivity contribution in [2.45, 2.75) is 25.8 Å². The zero-order valence-corrected chi connectivity index (χ0v) is 10.9. The number of anilines is 1. The van der Waals surface area contributed by atoms with Crippen LogP contribution in [0.5, 0.6) is 0 Å². The lowest BCUT2D eigenvalue weighted by atomic mass is 10.0. The standard InChI is InChI=1S/C13H17ClN2O/c1-9-5-3-7-11(12(9)14)16-8-4-6-10(15-2)13(16)17/h3,5,7,10,15H,4,6,8H2,1-2H3. The molecule has 1 atom stereocenters. The second-order valence-electron chi connectivity index (χ2n) is 4.38. The number of rotatable bonds is 2. The van der Waals surface area contributed by atoms with Gasteiger partial charge in [-0.1, -0.05) is 23.7 Å². The number of aryl methyl sites for hydroxylation is 1. The Labute approximate surface area is 107 Å². The Kier molecular flexibility index (Phi) is 3.69. The highest BCUT2D eigenvalue weighted by Crippen LogP contribution is 2.31. The number of carbonyl (C=O) groups is 1. The van der Waals surface area contributed by atoms with E-state index in [0.717, 1.165) is 30.6 Å². The van der Waals surface area contributed by atoms with Gasteiger partial charge in [-0.15, -0.1) is 0 Å². The zero-order chi connectivity index (χ0) is 12.4. The zero-order valence-electron chi connectivity index (χ0n) is 10.2. The Morgan fingerprint density at radius 3 is 2.94 bits per heavy atom. The third kappa shape index (κ3) is 2.31. The lowest BCUT2D eigenvalue weighted by Gasteiger charge is -2.32. The van der Waals surface area contributed by atoms with Crippen LogP contribution in [0.2, 0.25) is 5.02 Å². The van der Waals surface area contributed by atoms with Crippen molar-refractivity contribution in [1.29, 1.82) is 0 Å². The van der Waals surface area contributed by atoms with Crippen molar-refractivity contribution in [2.75, 3.05) is 18.5 Å². The van der Waals surface area contributed by atoms with Gasteiger partial charge in [-0.05, 0) is 38.4 Å². The summed E-state index contributed by atoms with van der Waals surface area (Å²) in [5.74, 6) is 0.117. The van der Waals surface area contributed by atoms with Gasteiger partial charge in [-0.2, -0.15) is 0 Å². The van der Waals surface area contributed by atoms with Gasteiger partial charge in [-0.25, -0.2) is 0 Å². The second kappa shape index (κ2) is 5.07. The van der Waals surface area contributed by atoms with Crippen LogP contribution in [-0.2, 0) is 4.79 Å². The molecule has 0 bridgehead atoms. The maximum Gasteiger partial charge on any atom is 0.244 e. The molecule has 1 fully saturated rings. The van der Waals surface area contributed by atoms with E-state index < -0.39 is 0 Å². The van der Waals surface area contributed by atoms with E-state index in [9.17, 15) is 4.79 Å². The topological polar surface area (TPSA) is 32.3 Å². The lowest BCUT2D eigenvalue weighted by Crippen LogP contribution is -2.49. The molecule has 0 aromatic heterocycles. The van der Waals surface area contributed by atoms with Crippen molar-refractivity contribution >= 4 is 23.2 Å².